The second kappa shape index (κ2) is 7.56. The first-order chi connectivity index (χ1) is 11.0. The molecule has 2 aliphatic rings. The minimum atomic E-state index is -1.16. The van der Waals surface area contributed by atoms with Gasteiger partial charge in [-0.05, 0) is 29.6 Å². The molecule has 5 heteroatoms. The number of carboxylic acid groups (broad SMARTS) is 2. The standard InChI is InChI=1S/C18H18O5/c1-12(17(19)20)10-23-11-15(18(21)22)16(13-6-2-3-7-13)14-8-4-5-9-14/h2-6,8H,1,7,9-11H2,(H,19,20)(H,21,22). The lowest BCUT2D eigenvalue weighted by Gasteiger charge is -2.16. The Balaban J connectivity index is 2.24. The van der Waals surface area contributed by atoms with Crippen LogP contribution in [0.25, 0.3) is 0 Å². The van der Waals surface area contributed by atoms with Crippen LogP contribution in [0.2, 0.25) is 0 Å². The van der Waals surface area contributed by atoms with Crippen LogP contribution in [0.5, 0.6) is 0 Å². The average Bonchev–Trinajstić information content (AvgIpc) is 3.19. The molecular formula is C18H18O5. The minimum Gasteiger partial charge on any atom is -0.478 e. The van der Waals surface area contributed by atoms with Crippen molar-refractivity contribution < 1.29 is 24.5 Å². The summed E-state index contributed by atoms with van der Waals surface area (Å²) >= 11 is 0. The number of carboxylic acids is 2. The van der Waals surface area contributed by atoms with E-state index in [9.17, 15) is 14.7 Å². The van der Waals surface area contributed by atoms with Crippen LogP contribution in [-0.4, -0.2) is 35.4 Å². The zero-order chi connectivity index (χ0) is 16.8. The highest BCUT2D eigenvalue weighted by atomic mass is 16.5. The van der Waals surface area contributed by atoms with E-state index < -0.39 is 11.9 Å². The maximum absolute atomic E-state index is 11.7. The summed E-state index contributed by atoms with van der Waals surface area (Å²) in [6.45, 7) is 2.98. The Morgan fingerprint density at radius 2 is 1.57 bits per heavy atom. The van der Waals surface area contributed by atoms with E-state index in [1.165, 1.54) is 0 Å². The number of allylic oxidation sites excluding steroid dienone is 9. The maximum Gasteiger partial charge on any atom is 0.334 e. The van der Waals surface area contributed by atoms with Crippen LogP contribution in [0.15, 0.2) is 70.9 Å². The number of ether oxygens (including phenoxy) is 1. The monoisotopic (exact) mass is 314 g/mol. The van der Waals surface area contributed by atoms with Crippen LogP contribution in [0.1, 0.15) is 12.8 Å². The van der Waals surface area contributed by atoms with Crippen molar-refractivity contribution in [1.82, 2.24) is 0 Å². The van der Waals surface area contributed by atoms with Gasteiger partial charge in [0.2, 0.25) is 0 Å². The third-order valence-corrected chi connectivity index (χ3v) is 3.57. The molecule has 0 aliphatic heterocycles. The molecule has 2 aliphatic carbocycles. The number of hydrogen-bond acceptors (Lipinski definition) is 3. The van der Waals surface area contributed by atoms with Crippen LogP contribution in [0.4, 0.5) is 0 Å². The molecule has 0 atom stereocenters. The largest absolute Gasteiger partial charge is 0.478 e. The summed E-state index contributed by atoms with van der Waals surface area (Å²) in [7, 11) is 0. The van der Waals surface area contributed by atoms with Gasteiger partial charge >= 0.3 is 11.9 Å². The Hall–Kier alpha value is -2.66. The van der Waals surface area contributed by atoms with Gasteiger partial charge in [-0.15, -0.1) is 0 Å². The Morgan fingerprint density at radius 1 is 1.00 bits per heavy atom. The Kier molecular flexibility index (Phi) is 5.49. The zero-order valence-electron chi connectivity index (χ0n) is 12.6. The molecule has 0 radical (unpaired) electrons. The van der Waals surface area contributed by atoms with Gasteiger partial charge in [0, 0.05) is 0 Å². The van der Waals surface area contributed by atoms with Crippen molar-refractivity contribution in [3.8, 4) is 0 Å². The molecule has 0 fully saturated rings. The first-order valence-corrected chi connectivity index (χ1v) is 7.18. The van der Waals surface area contributed by atoms with Gasteiger partial charge in [0.15, 0.2) is 0 Å². The van der Waals surface area contributed by atoms with Gasteiger partial charge in [0.05, 0.1) is 24.4 Å². The van der Waals surface area contributed by atoms with Crippen molar-refractivity contribution in [3.05, 3.63) is 70.9 Å². The van der Waals surface area contributed by atoms with Crippen molar-refractivity contribution in [2.75, 3.05) is 13.2 Å². The summed E-state index contributed by atoms with van der Waals surface area (Å²) in [6.07, 6.45) is 12.9. The molecule has 0 bridgehead atoms. The average molecular weight is 314 g/mol. The molecule has 2 N–H and O–H groups in total. The lowest BCUT2D eigenvalue weighted by atomic mass is 9.91. The molecule has 0 amide bonds. The van der Waals surface area contributed by atoms with Crippen LogP contribution >= 0.6 is 0 Å². The van der Waals surface area contributed by atoms with Crippen molar-refractivity contribution in [2.24, 2.45) is 0 Å². The van der Waals surface area contributed by atoms with Gasteiger partial charge in [-0.2, -0.15) is 0 Å². The quantitative estimate of drug-likeness (QED) is 0.673. The number of rotatable bonds is 8. The molecule has 5 nitrogen and oxygen atoms in total. The van der Waals surface area contributed by atoms with E-state index in [-0.39, 0.29) is 24.4 Å². The SMILES string of the molecule is C=C(COCC(C(=O)O)=C(C1=CC=CC1)C1=CC=CC1)C(=O)O. The molecule has 0 unspecified atom stereocenters. The Morgan fingerprint density at radius 3 is 1.96 bits per heavy atom. The fourth-order valence-corrected chi connectivity index (χ4v) is 2.44. The highest BCUT2D eigenvalue weighted by Gasteiger charge is 2.22. The molecule has 120 valence electrons. The molecule has 0 aromatic carbocycles. The third kappa shape index (κ3) is 4.17. The lowest BCUT2D eigenvalue weighted by Crippen LogP contribution is -2.15. The van der Waals surface area contributed by atoms with Gasteiger partial charge in [0.1, 0.15) is 0 Å². The summed E-state index contributed by atoms with van der Waals surface area (Å²) in [5.74, 6) is -2.22. The lowest BCUT2D eigenvalue weighted by molar-refractivity contribution is -0.133. The first-order valence-electron chi connectivity index (χ1n) is 7.18. The second-order valence-electron chi connectivity index (χ2n) is 5.21. The van der Waals surface area contributed by atoms with Crippen LogP contribution in [-0.2, 0) is 14.3 Å². The van der Waals surface area contributed by atoms with Crippen molar-refractivity contribution >= 4 is 11.9 Å². The van der Waals surface area contributed by atoms with E-state index in [2.05, 4.69) is 6.58 Å². The molecule has 23 heavy (non-hydrogen) atoms. The maximum atomic E-state index is 11.7. The van der Waals surface area contributed by atoms with Crippen LogP contribution in [0, 0.1) is 0 Å². The number of aliphatic carboxylic acids is 2. The summed E-state index contributed by atoms with van der Waals surface area (Å²) in [4.78, 5) is 22.4. The Labute approximate surface area is 134 Å². The van der Waals surface area contributed by atoms with Crippen molar-refractivity contribution in [1.29, 1.82) is 0 Å². The highest BCUT2D eigenvalue weighted by Crippen LogP contribution is 2.33. The van der Waals surface area contributed by atoms with Gasteiger partial charge in [-0.3, -0.25) is 0 Å². The highest BCUT2D eigenvalue weighted by molar-refractivity contribution is 5.90. The van der Waals surface area contributed by atoms with E-state index in [4.69, 9.17) is 9.84 Å². The fraction of sp³-hybridized carbons (Fsp3) is 0.222. The molecule has 2 rings (SSSR count). The summed E-state index contributed by atoms with van der Waals surface area (Å²) in [6, 6.07) is 0. The van der Waals surface area contributed by atoms with Crippen LogP contribution < -0.4 is 0 Å². The van der Waals surface area contributed by atoms with Crippen molar-refractivity contribution in [3.63, 3.8) is 0 Å². The zero-order valence-corrected chi connectivity index (χ0v) is 12.6. The second-order valence-corrected chi connectivity index (χ2v) is 5.21. The third-order valence-electron chi connectivity index (χ3n) is 3.57. The molecule has 0 saturated carbocycles. The van der Waals surface area contributed by atoms with Gasteiger partial charge in [0.25, 0.3) is 0 Å². The molecular weight excluding hydrogens is 296 g/mol. The molecule has 0 aromatic heterocycles. The van der Waals surface area contributed by atoms with E-state index in [1.807, 2.05) is 36.5 Å². The fourth-order valence-electron chi connectivity index (χ4n) is 2.44. The van der Waals surface area contributed by atoms with Gasteiger partial charge in [-0.1, -0.05) is 43.0 Å². The van der Waals surface area contributed by atoms with Gasteiger partial charge in [-0.25, -0.2) is 9.59 Å². The predicted octanol–water partition coefficient (Wildman–Crippen LogP) is 2.80. The summed E-state index contributed by atoms with van der Waals surface area (Å²) < 4.78 is 5.27. The van der Waals surface area contributed by atoms with E-state index in [1.54, 1.807) is 0 Å². The van der Waals surface area contributed by atoms with Gasteiger partial charge < -0.3 is 14.9 Å². The predicted molar refractivity (Wildman–Crippen MR) is 85.9 cm³/mol. The minimum absolute atomic E-state index is 0.111. The normalized spacial score (nSPS) is 15.3. The molecule has 0 aromatic rings. The van der Waals surface area contributed by atoms with Crippen LogP contribution in [0.3, 0.4) is 0 Å². The van der Waals surface area contributed by atoms with E-state index >= 15 is 0 Å². The van der Waals surface area contributed by atoms with Crippen molar-refractivity contribution in [2.45, 2.75) is 12.8 Å². The number of hydrogen-bond donors (Lipinski definition) is 2. The summed E-state index contributed by atoms with van der Waals surface area (Å²) in [5, 5.41) is 18.3. The summed E-state index contributed by atoms with van der Waals surface area (Å²) in [5.41, 5.74) is 2.55. The topological polar surface area (TPSA) is 83.8 Å². The molecule has 0 spiro atoms. The van der Waals surface area contributed by atoms with E-state index in [0.29, 0.717) is 18.4 Å². The van der Waals surface area contributed by atoms with E-state index in [0.717, 1.165) is 11.1 Å². The first kappa shape index (κ1) is 16.7. The number of carbonyl (C=O) groups is 2. The smallest absolute Gasteiger partial charge is 0.334 e. The molecule has 0 saturated heterocycles. The Bertz CT molecular complexity index is 654. The molecule has 0 heterocycles.